The Kier molecular flexibility index (Phi) is 4.33. The van der Waals surface area contributed by atoms with E-state index in [-0.39, 0.29) is 11.7 Å². The van der Waals surface area contributed by atoms with Crippen molar-refractivity contribution in [3.05, 3.63) is 51.2 Å². The van der Waals surface area contributed by atoms with Crippen LogP contribution in [0, 0.1) is 5.82 Å². The maximum absolute atomic E-state index is 13.0. The van der Waals surface area contributed by atoms with Crippen molar-refractivity contribution < 1.29 is 9.18 Å². The van der Waals surface area contributed by atoms with Gasteiger partial charge in [0.15, 0.2) is 0 Å². The number of carbonyl (C=O) groups is 1. The third-order valence-electron chi connectivity index (χ3n) is 4.75. The van der Waals surface area contributed by atoms with Gasteiger partial charge < -0.3 is 4.90 Å². The fourth-order valence-electron chi connectivity index (χ4n) is 3.39. The lowest BCUT2D eigenvalue weighted by Crippen LogP contribution is -2.48. The van der Waals surface area contributed by atoms with Gasteiger partial charge in [0.1, 0.15) is 10.8 Å². The van der Waals surface area contributed by atoms with Gasteiger partial charge in [0.2, 0.25) is 0 Å². The summed E-state index contributed by atoms with van der Waals surface area (Å²) in [6, 6.07) is 5.79. The van der Waals surface area contributed by atoms with Crippen LogP contribution in [0.4, 0.5) is 4.39 Å². The summed E-state index contributed by atoms with van der Waals surface area (Å²) >= 11 is 1.85. The standard InChI is InChI=1S/C18H20FN3OS/c19-14-6-4-13(5-7-14)18(23)22-10-8-21(9-11-22)12-17-20-15-2-1-3-16(15)24-17/h4-7H,1-3,8-12H2. The highest BCUT2D eigenvalue weighted by Crippen LogP contribution is 2.28. The van der Waals surface area contributed by atoms with Gasteiger partial charge in [0.05, 0.1) is 12.2 Å². The molecule has 2 aromatic rings. The van der Waals surface area contributed by atoms with Gasteiger partial charge in [-0.25, -0.2) is 9.37 Å². The van der Waals surface area contributed by atoms with Crippen LogP contribution >= 0.6 is 11.3 Å². The van der Waals surface area contributed by atoms with Crippen molar-refractivity contribution >= 4 is 17.2 Å². The first kappa shape index (κ1) is 15.7. The molecular formula is C18H20FN3OS. The first-order valence-corrected chi connectivity index (χ1v) is 9.25. The second kappa shape index (κ2) is 6.61. The van der Waals surface area contributed by atoms with E-state index in [1.165, 1.54) is 40.6 Å². The number of aryl methyl sites for hydroxylation is 2. The van der Waals surface area contributed by atoms with Crippen LogP contribution in [0.2, 0.25) is 0 Å². The van der Waals surface area contributed by atoms with E-state index in [2.05, 4.69) is 4.90 Å². The fraction of sp³-hybridized carbons (Fsp3) is 0.444. The van der Waals surface area contributed by atoms with Gasteiger partial charge in [0, 0.05) is 36.6 Å². The van der Waals surface area contributed by atoms with Gasteiger partial charge in [-0.1, -0.05) is 0 Å². The largest absolute Gasteiger partial charge is 0.336 e. The molecule has 2 aliphatic rings. The summed E-state index contributed by atoms with van der Waals surface area (Å²) in [6.45, 7) is 4.02. The highest BCUT2D eigenvalue weighted by Gasteiger charge is 2.24. The number of nitrogens with zero attached hydrogens (tertiary/aromatic N) is 3. The van der Waals surface area contributed by atoms with Gasteiger partial charge >= 0.3 is 0 Å². The first-order chi connectivity index (χ1) is 11.7. The average Bonchev–Trinajstić information content (AvgIpc) is 3.17. The van der Waals surface area contributed by atoms with E-state index in [9.17, 15) is 9.18 Å². The summed E-state index contributed by atoms with van der Waals surface area (Å²) < 4.78 is 13.0. The van der Waals surface area contributed by atoms with Gasteiger partial charge in [-0.3, -0.25) is 9.69 Å². The zero-order chi connectivity index (χ0) is 16.5. The molecule has 24 heavy (non-hydrogen) atoms. The molecule has 0 saturated carbocycles. The van der Waals surface area contributed by atoms with Crippen LogP contribution in [0.25, 0.3) is 0 Å². The van der Waals surface area contributed by atoms with E-state index in [1.54, 1.807) is 12.1 Å². The van der Waals surface area contributed by atoms with Gasteiger partial charge in [-0.2, -0.15) is 0 Å². The van der Waals surface area contributed by atoms with E-state index >= 15 is 0 Å². The molecular weight excluding hydrogens is 325 g/mol. The predicted octanol–water partition coefficient (Wildman–Crippen LogP) is 2.73. The summed E-state index contributed by atoms with van der Waals surface area (Å²) in [5.41, 5.74) is 1.86. The summed E-state index contributed by atoms with van der Waals surface area (Å²) in [7, 11) is 0. The molecule has 6 heteroatoms. The maximum Gasteiger partial charge on any atom is 0.253 e. The van der Waals surface area contributed by atoms with Crippen molar-refractivity contribution in [1.29, 1.82) is 0 Å². The number of benzene rings is 1. The van der Waals surface area contributed by atoms with E-state index in [1.807, 2.05) is 16.2 Å². The van der Waals surface area contributed by atoms with Crippen LogP contribution in [-0.4, -0.2) is 46.9 Å². The summed E-state index contributed by atoms with van der Waals surface area (Å²) in [5.74, 6) is -0.324. The van der Waals surface area contributed by atoms with Crippen molar-refractivity contribution in [3.8, 4) is 0 Å². The minimum Gasteiger partial charge on any atom is -0.336 e. The lowest BCUT2D eigenvalue weighted by molar-refractivity contribution is 0.0628. The summed E-state index contributed by atoms with van der Waals surface area (Å²) in [5, 5.41) is 1.21. The zero-order valence-electron chi connectivity index (χ0n) is 13.5. The Hall–Kier alpha value is -1.79. The molecule has 0 unspecified atom stereocenters. The highest BCUT2D eigenvalue weighted by atomic mass is 32.1. The number of halogens is 1. The van der Waals surface area contributed by atoms with E-state index < -0.39 is 0 Å². The fourth-order valence-corrected chi connectivity index (χ4v) is 4.59. The molecule has 0 bridgehead atoms. The predicted molar refractivity (Wildman–Crippen MR) is 91.7 cm³/mol. The molecule has 1 amide bonds. The quantitative estimate of drug-likeness (QED) is 0.858. The number of thiazole rings is 1. The Balaban J connectivity index is 1.32. The van der Waals surface area contributed by atoms with Crippen LogP contribution in [0.1, 0.15) is 32.4 Å². The monoisotopic (exact) mass is 345 g/mol. The lowest BCUT2D eigenvalue weighted by atomic mass is 10.2. The van der Waals surface area contributed by atoms with E-state index in [0.29, 0.717) is 18.7 Å². The van der Waals surface area contributed by atoms with Crippen LogP contribution in [-0.2, 0) is 19.4 Å². The van der Waals surface area contributed by atoms with Crippen LogP contribution in [0.5, 0.6) is 0 Å². The summed E-state index contributed by atoms with van der Waals surface area (Å²) in [6.07, 6.45) is 3.57. The Labute approximate surface area is 144 Å². The smallest absolute Gasteiger partial charge is 0.253 e. The van der Waals surface area contributed by atoms with Crippen molar-refractivity contribution in [3.63, 3.8) is 0 Å². The molecule has 4 rings (SSSR count). The average molecular weight is 345 g/mol. The lowest BCUT2D eigenvalue weighted by Gasteiger charge is -2.34. The molecule has 1 aliphatic heterocycles. The first-order valence-electron chi connectivity index (χ1n) is 8.44. The second-order valence-electron chi connectivity index (χ2n) is 6.41. The number of fused-ring (bicyclic) bond motifs is 1. The Morgan fingerprint density at radius 3 is 2.58 bits per heavy atom. The number of hydrogen-bond acceptors (Lipinski definition) is 4. The number of aromatic nitrogens is 1. The molecule has 4 nitrogen and oxygen atoms in total. The van der Waals surface area contributed by atoms with Crippen molar-refractivity contribution in [1.82, 2.24) is 14.8 Å². The molecule has 126 valence electrons. The number of amides is 1. The van der Waals surface area contributed by atoms with Crippen LogP contribution < -0.4 is 0 Å². The Morgan fingerprint density at radius 2 is 1.88 bits per heavy atom. The molecule has 1 saturated heterocycles. The van der Waals surface area contributed by atoms with E-state index in [0.717, 1.165) is 26.1 Å². The van der Waals surface area contributed by atoms with Crippen molar-refractivity contribution in [2.24, 2.45) is 0 Å². The number of piperazine rings is 1. The van der Waals surface area contributed by atoms with Gasteiger partial charge in [-0.15, -0.1) is 11.3 Å². The molecule has 0 atom stereocenters. The minimum atomic E-state index is -0.313. The van der Waals surface area contributed by atoms with Gasteiger partial charge in [-0.05, 0) is 43.5 Å². The number of carbonyl (C=O) groups excluding carboxylic acids is 1. The third-order valence-corrected chi connectivity index (χ3v) is 5.89. The van der Waals surface area contributed by atoms with E-state index in [4.69, 9.17) is 4.98 Å². The number of rotatable bonds is 3. The maximum atomic E-state index is 13.0. The third kappa shape index (κ3) is 3.21. The Bertz CT molecular complexity index is 714. The Morgan fingerprint density at radius 1 is 1.12 bits per heavy atom. The highest BCUT2D eigenvalue weighted by molar-refractivity contribution is 7.11. The normalized spacial score (nSPS) is 18.0. The minimum absolute atomic E-state index is 0.0112. The molecule has 0 spiro atoms. The van der Waals surface area contributed by atoms with Crippen LogP contribution in [0.15, 0.2) is 24.3 Å². The van der Waals surface area contributed by atoms with Crippen molar-refractivity contribution in [2.75, 3.05) is 26.2 Å². The topological polar surface area (TPSA) is 36.4 Å². The summed E-state index contributed by atoms with van der Waals surface area (Å²) in [4.78, 5) is 22.9. The van der Waals surface area contributed by atoms with Crippen LogP contribution in [0.3, 0.4) is 0 Å². The van der Waals surface area contributed by atoms with Crippen molar-refractivity contribution in [2.45, 2.75) is 25.8 Å². The van der Waals surface area contributed by atoms with Gasteiger partial charge in [0.25, 0.3) is 5.91 Å². The molecule has 1 aromatic heterocycles. The molecule has 2 heterocycles. The molecule has 1 aliphatic carbocycles. The molecule has 0 N–H and O–H groups in total. The number of hydrogen-bond donors (Lipinski definition) is 0. The molecule has 1 fully saturated rings. The SMILES string of the molecule is O=C(c1ccc(F)cc1)N1CCN(Cc2nc3c(s2)CCC3)CC1. The zero-order valence-corrected chi connectivity index (χ0v) is 14.3. The molecule has 0 radical (unpaired) electrons. The molecule has 1 aromatic carbocycles. The second-order valence-corrected chi connectivity index (χ2v) is 7.57.